The highest BCUT2D eigenvalue weighted by Gasteiger charge is 2.20. The van der Waals surface area contributed by atoms with Crippen molar-refractivity contribution in [3.63, 3.8) is 0 Å². The first-order valence-corrected chi connectivity index (χ1v) is 8.79. The van der Waals surface area contributed by atoms with Gasteiger partial charge < -0.3 is 20.4 Å². The van der Waals surface area contributed by atoms with E-state index in [0.717, 1.165) is 11.1 Å². The van der Waals surface area contributed by atoms with E-state index in [1.54, 1.807) is 24.9 Å². The van der Waals surface area contributed by atoms with Crippen LogP contribution in [0.1, 0.15) is 24.1 Å². The van der Waals surface area contributed by atoms with E-state index in [4.69, 9.17) is 5.73 Å². The molecular formula is C20H21N5O2. The van der Waals surface area contributed by atoms with Crippen LogP contribution in [0.15, 0.2) is 35.4 Å². The SMILES string of the molecule is Cc1nc(O)c(-c2ccc(C(C)CN)cc2)c2c1[nH]c(=O)c1c2ncn1C. The standard InChI is InChI=1S/C20H21N5O2/c1-10(8-21)12-4-6-13(7-5-12)14-15-16(11(2)23-19(14)26)24-20(27)18-17(15)22-9-25(18)3/h4-7,9-10H,8,21H2,1-3H3,(H,23,26)(H,24,27). The number of nitrogens with zero attached hydrogens (tertiary/aromatic N) is 3. The molecule has 0 saturated heterocycles. The lowest BCUT2D eigenvalue weighted by molar-refractivity contribution is 0.455. The van der Waals surface area contributed by atoms with E-state index in [1.807, 2.05) is 24.3 Å². The second-order valence-electron chi connectivity index (χ2n) is 6.91. The number of rotatable bonds is 3. The molecule has 0 aliphatic rings. The zero-order chi connectivity index (χ0) is 19.3. The summed E-state index contributed by atoms with van der Waals surface area (Å²) in [6.45, 7) is 4.38. The minimum atomic E-state index is -0.230. The molecule has 1 atom stereocenters. The summed E-state index contributed by atoms with van der Waals surface area (Å²) in [5.74, 6) is 0.165. The topological polar surface area (TPSA) is 110 Å². The second-order valence-corrected chi connectivity index (χ2v) is 6.91. The van der Waals surface area contributed by atoms with Gasteiger partial charge in [-0.2, -0.15) is 0 Å². The van der Waals surface area contributed by atoms with E-state index < -0.39 is 0 Å². The van der Waals surface area contributed by atoms with Crippen LogP contribution in [-0.2, 0) is 7.05 Å². The number of fused-ring (bicyclic) bond motifs is 3. The number of pyridine rings is 2. The molecule has 138 valence electrons. The van der Waals surface area contributed by atoms with E-state index in [1.165, 1.54) is 0 Å². The van der Waals surface area contributed by atoms with Crippen molar-refractivity contribution in [3.05, 3.63) is 52.2 Å². The van der Waals surface area contributed by atoms with Gasteiger partial charge in [-0.1, -0.05) is 31.2 Å². The first-order valence-electron chi connectivity index (χ1n) is 8.79. The quantitative estimate of drug-likeness (QED) is 0.518. The highest BCUT2D eigenvalue weighted by molar-refractivity contribution is 6.11. The van der Waals surface area contributed by atoms with Crippen LogP contribution >= 0.6 is 0 Å². The smallest absolute Gasteiger partial charge is 0.274 e. The number of imidazole rings is 1. The molecule has 7 nitrogen and oxygen atoms in total. The van der Waals surface area contributed by atoms with Crippen molar-refractivity contribution in [1.82, 2.24) is 19.5 Å². The van der Waals surface area contributed by atoms with Gasteiger partial charge >= 0.3 is 0 Å². The average Bonchev–Trinajstić information content (AvgIpc) is 3.05. The molecule has 3 aromatic heterocycles. The van der Waals surface area contributed by atoms with Gasteiger partial charge in [-0.25, -0.2) is 9.97 Å². The van der Waals surface area contributed by atoms with E-state index in [2.05, 4.69) is 21.9 Å². The maximum Gasteiger partial charge on any atom is 0.274 e. The summed E-state index contributed by atoms with van der Waals surface area (Å²) in [6.07, 6.45) is 1.60. The third kappa shape index (κ3) is 2.59. The molecular weight excluding hydrogens is 342 g/mol. The number of benzene rings is 1. The Morgan fingerprint density at radius 2 is 2.00 bits per heavy atom. The van der Waals surface area contributed by atoms with E-state index in [-0.39, 0.29) is 17.4 Å². The van der Waals surface area contributed by atoms with Gasteiger partial charge in [-0.05, 0) is 30.5 Å². The number of nitrogens with one attached hydrogen (secondary N) is 1. The maximum absolute atomic E-state index is 12.5. The minimum Gasteiger partial charge on any atom is -0.493 e. The molecule has 1 unspecified atom stereocenters. The molecule has 4 rings (SSSR count). The summed E-state index contributed by atoms with van der Waals surface area (Å²) in [6, 6.07) is 7.87. The average molecular weight is 363 g/mol. The third-order valence-electron chi connectivity index (χ3n) is 5.11. The van der Waals surface area contributed by atoms with Crippen LogP contribution in [0.3, 0.4) is 0 Å². The minimum absolute atomic E-state index is 0.0846. The molecule has 3 heterocycles. The molecule has 0 fully saturated rings. The van der Waals surface area contributed by atoms with Gasteiger partial charge in [-0.15, -0.1) is 0 Å². The van der Waals surface area contributed by atoms with Crippen LogP contribution in [0.2, 0.25) is 0 Å². The van der Waals surface area contributed by atoms with Crippen LogP contribution in [0, 0.1) is 6.92 Å². The van der Waals surface area contributed by atoms with Crippen molar-refractivity contribution in [1.29, 1.82) is 0 Å². The Balaban J connectivity index is 2.09. The van der Waals surface area contributed by atoms with Crippen molar-refractivity contribution < 1.29 is 5.11 Å². The number of nitrogens with two attached hydrogens (primary N) is 1. The van der Waals surface area contributed by atoms with Gasteiger partial charge in [0.15, 0.2) is 0 Å². The van der Waals surface area contributed by atoms with Crippen LogP contribution in [0.25, 0.3) is 33.1 Å². The first-order chi connectivity index (χ1) is 12.9. The molecule has 0 aliphatic heterocycles. The fourth-order valence-electron chi connectivity index (χ4n) is 3.52. The van der Waals surface area contributed by atoms with Crippen molar-refractivity contribution in [2.75, 3.05) is 6.54 Å². The first kappa shape index (κ1) is 17.2. The van der Waals surface area contributed by atoms with Gasteiger partial charge in [0.05, 0.1) is 23.1 Å². The van der Waals surface area contributed by atoms with Crippen LogP contribution in [-0.4, -0.2) is 31.2 Å². The van der Waals surface area contributed by atoms with Gasteiger partial charge in [0.1, 0.15) is 11.0 Å². The van der Waals surface area contributed by atoms with Crippen molar-refractivity contribution in [3.8, 4) is 17.0 Å². The molecule has 7 heteroatoms. The number of aromatic amines is 1. The van der Waals surface area contributed by atoms with Gasteiger partial charge in [0, 0.05) is 12.4 Å². The van der Waals surface area contributed by atoms with Crippen LogP contribution in [0.5, 0.6) is 5.88 Å². The Hall–Kier alpha value is -3.19. The number of hydrogen-bond donors (Lipinski definition) is 3. The van der Waals surface area contributed by atoms with Crippen LogP contribution in [0.4, 0.5) is 0 Å². The summed E-state index contributed by atoms with van der Waals surface area (Å²) < 4.78 is 1.68. The predicted octanol–water partition coefficient (Wildman–Crippen LogP) is 2.55. The second kappa shape index (κ2) is 6.21. The van der Waals surface area contributed by atoms with Crippen molar-refractivity contribution in [2.24, 2.45) is 12.8 Å². The van der Waals surface area contributed by atoms with Crippen molar-refractivity contribution in [2.45, 2.75) is 19.8 Å². The lowest BCUT2D eigenvalue weighted by Crippen LogP contribution is -2.11. The Morgan fingerprint density at radius 1 is 1.30 bits per heavy atom. The molecule has 0 saturated carbocycles. The van der Waals surface area contributed by atoms with Gasteiger partial charge in [0.2, 0.25) is 5.88 Å². The van der Waals surface area contributed by atoms with Gasteiger partial charge in [-0.3, -0.25) is 4.79 Å². The monoisotopic (exact) mass is 363 g/mol. The molecule has 0 amide bonds. The molecule has 0 bridgehead atoms. The zero-order valence-electron chi connectivity index (χ0n) is 15.4. The van der Waals surface area contributed by atoms with E-state index >= 15 is 0 Å². The Labute approximate surface area is 155 Å². The van der Waals surface area contributed by atoms with Crippen LogP contribution < -0.4 is 11.3 Å². The van der Waals surface area contributed by atoms with E-state index in [0.29, 0.717) is 39.7 Å². The summed E-state index contributed by atoms with van der Waals surface area (Å²) in [5.41, 5.74) is 10.1. The fraction of sp³-hybridized carbons (Fsp3) is 0.250. The Morgan fingerprint density at radius 3 is 2.67 bits per heavy atom. The number of H-pyrrole nitrogens is 1. The largest absolute Gasteiger partial charge is 0.493 e. The molecule has 4 aromatic rings. The Bertz CT molecular complexity index is 1220. The molecule has 27 heavy (non-hydrogen) atoms. The molecule has 4 N–H and O–H groups in total. The maximum atomic E-state index is 12.5. The molecule has 1 aromatic carbocycles. The Kier molecular flexibility index (Phi) is 3.96. The summed E-state index contributed by atoms with van der Waals surface area (Å²) in [7, 11) is 1.77. The number of aryl methyl sites for hydroxylation is 2. The third-order valence-corrected chi connectivity index (χ3v) is 5.11. The number of hydrogen-bond acceptors (Lipinski definition) is 5. The zero-order valence-corrected chi connectivity index (χ0v) is 15.4. The lowest BCUT2D eigenvalue weighted by atomic mass is 9.95. The molecule has 0 spiro atoms. The summed E-state index contributed by atoms with van der Waals surface area (Å²) in [5, 5.41) is 11.3. The summed E-state index contributed by atoms with van der Waals surface area (Å²) >= 11 is 0. The highest BCUT2D eigenvalue weighted by Crippen LogP contribution is 2.38. The van der Waals surface area contributed by atoms with Crippen molar-refractivity contribution >= 4 is 21.9 Å². The molecule has 0 aliphatic carbocycles. The fourth-order valence-corrected chi connectivity index (χ4v) is 3.52. The predicted molar refractivity (Wildman–Crippen MR) is 106 cm³/mol. The number of aromatic hydroxyl groups is 1. The highest BCUT2D eigenvalue weighted by atomic mass is 16.3. The summed E-state index contributed by atoms with van der Waals surface area (Å²) in [4.78, 5) is 24.1. The van der Waals surface area contributed by atoms with Gasteiger partial charge in [0.25, 0.3) is 5.56 Å². The normalized spacial score (nSPS) is 12.7. The lowest BCUT2D eigenvalue weighted by Gasteiger charge is -2.13. The molecule has 0 radical (unpaired) electrons. The van der Waals surface area contributed by atoms with E-state index in [9.17, 15) is 9.90 Å². The number of aromatic nitrogens is 4.